The highest BCUT2D eigenvalue weighted by molar-refractivity contribution is 5.01. The van der Waals surface area contributed by atoms with Gasteiger partial charge in [0.05, 0.1) is 17.8 Å². The maximum atomic E-state index is 10.1. The van der Waals surface area contributed by atoms with Gasteiger partial charge in [-0.25, -0.2) is 0 Å². The van der Waals surface area contributed by atoms with Gasteiger partial charge in [-0.15, -0.1) is 0 Å². The summed E-state index contributed by atoms with van der Waals surface area (Å²) < 4.78 is 11.4. The number of likely N-dealkylation sites (tertiary alicyclic amines) is 1. The predicted octanol–water partition coefficient (Wildman–Crippen LogP) is 0.781. The molecule has 3 fully saturated rings. The molecule has 1 N–H and O–H groups in total. The summed E-state index contributed by atoms with van der Waals surface area (Å²) in [5.74, 6) is 0. The molecule has 0 radical (unpaired) electrons. The Kier molecular flexibility index (Phi) is 2.94. The highest BCUT2D eigenvalue weighted by Crippen LogP contribution is 2.38. The smallest absolute Gasteiger partial charge is 0.0951 e. The number of ether oxygens (including phenoxy) is 2. The van der Waals surface area contributed by atoms with Crippen molar-refractivity contribution in [3.63, 3.8) is 0 Å². The highest BCUT2D eigenvalue weighted by atomic mass is 16.6. The molecule has 2 unspecified atom stereocenters. The van der Waals surface area contributed by atoms with Crippen LogP contribution in [0.5, 0.6) is 0 Å². The molecule has 0 aromatic rings. The molecule has 1 spiro atoms. The number of β-amino-alcohol motifs (C(OH)–C–C–N with tert-alkyl or cyclic N) is 1. The van der Waals surface area contributed by atoms with Gasteiger partial charge in [0, 0.05) is 38.8 Å². The molecular weight excluding hydrogens is 218 g/mol. The van der Waals surface area contributed by atoms with Crippen LogP contribution in [0.4, 0.5) is 0 Å². The average Bonchev–Trinajstić information content (AvgIpc) is 2.73. The van der Waals surface area contributed by atoms with Crippen molar-refractivity contribution < 1.29 is 14.6 Å². The van der Waals surface area contributed by atoms with Crippen LogP contribution in [0.3, 0.4) is 0 Å². The lowest BCUT2D eigenvalue weighted by Crippen LogP contribution is -2.66. The summed E-state index contributed by atoms with van der Waals surface area (Å²) in [6.45, 7) is 6.18. The Morgan fingerprint density at radius 1 is 1.35 bits per heavy atom. The van der Waals surface area contributed by atoms with Crippen molar-refractivity contribution in [3.05, 3.63) is 0 Å². The van der Waals surface area contributed by atoms with Gasteiger partial charge in [0.25, 0.3) is 0 Å². The Balaban J connectivity index is 1.58. The van der Waals surface area contributed by atoms with E-state index >= 15 is 0 Å². The first kappa shape index (κ1) is 11.9. The summed E-state index contributed by atoms with van der Waals surface area (Å²) in [6.07, 6.45) is 4.07. The summed E-state index contributed by atoms with van der Waals surface area (Å²) >= 11 is 0. The van der Waals surface area contributed by atoms with E-state index in [0.717, 1.165) is 58.6 Å². The highest BCUT2D eigenvalue weighted by Gasteiger charge is 2.48. The second kappa shape index (κ2) is 4.19. The Bertz CT molecular complexity index is 282. The normalized spacial score (nSPS) is 41.6. The third-order valence-electron chi connectivity index (χ3n) is 4.70. The van der Waals surface area contributed by atoms with Gasteiger partial charge < -0.3 is 14.6 Å². The summed E-state index contributed by atoms with van der Waals surface area (Å²) in [5, 5.41) is 10.1. The topological polar surface area (TPSA) is 41.9 Å². The number of nitrogens with zero attached hydrogens (tertiary/aromatic N) is 1. The van der Waals surface area contributed by atoms with Crippen molar-refractivity contribution in [2.45, 2.75) is 49.9 Å². The first-order valence-corrected chi connectivity index (χ1v) is 6.83. The Morgan fingerprint density at radius 3 is 2.82 bits per heavy atom. The van der Waals surface area contributed by atoms with E-state index in [4.69, 9.17) is 9.47 Å². The first-order valence-electron chi connectivity index (χ1n) is 6.83. The molecule has 17 heavy (non-hydrogen) atoms. The van der Waals surface area contributed by atoms with Gasteiger partial charge in [0.2, 0.25) is 0 Å². The van der Waals surface area contributed by atoms with Crippen LogP contribution in [0.1, 0.15) is 32.6 Å². The lowest BCUT2D eigenvalue weighted by Gasteiger charge is -2.52. The minimum atomic E-state index is -0.419. The predicted molar refractivity (Wildman–Crippen MR) is 64.0 cm³/mol. The van der Waals surface area contributed by atoms with Gasteiger partial charge in [0.1, 0.15) is 0 Å². The molecule has 3 aliphatic heterocycles. The summed E-state index contributed by atoms with van der Waals surface area (Å²) in [5.41, 5.74) is -0.430. The zero-order valence-corrected chi connectivity index (χ0v) is 10.7. The lowest BCUT2D eigenvalue weighted by atomic mass is 9.83. The zero-order valence-electron chi connectivity index (χ0n) is 10.7. The van der Waals surface area contributed by atoms with Crippen LogP contribution >= 0.6 is 0 Å². The Hall–Kier alpha value is -0.160. The molecule has 0 aromatic carbocycles. The monoisotopic (exact) mass is 241 g/mol. The summed E-state index contributed by atoms with van der Waals surface area (Å²) in [7, 11) is 0. The van der Waals surface area contributed by atoms with Crippen LogP contribution in [0.25, 0.3) is 0 Å². The molecule has 3 rings (SSSR count). The van der Waals surface area contributed by atoms with Gasteiger partial charge in [-0.1, -0.05) is 6.92 Å². The molecule has 4 nitrogen and oxygen atoms in total. The van der Waals surface area contributed by atoms with E-state index < -0.39 is 5.60 Å². The molecule has 0 saturated carbocycles. The van der Waals surface area contributed by atoms with Gasteiger partial charge in [-0.3, -0.25) is 4.90 Å². The van der Waals surface area contributed by atoms with E-state index in [-0.39, 0.29) is 5.60 Å². The fourth-order valence-corrected chi connectivity index (χ4v) is 3.37. The zero-order chi connectivity index (χ0) is 11.9. The van der Waals surface area contributed by atoms with Crippen LogP contribution in [-0.4, -0.2) is 60.2 Å². The number of aliphatic hydroxyl groups is 1. The number of hydrogen-bond donors (Lipinski definition) is 1. The molecule has 0 amide bonds. The van der Waals surface area contributed by atoms with Crippen molar-refractivity contribution in [2.75, 3.05) is 32.9 Å². The van der Waals surface area contributed by atoms with E-state index in [9.17, 15) is 5.11 Å². The van der Waals surface area contributed by atoms with Crippen LogP contribution in [-0.2, 0) is 9.47 Å². The van der Waals surface area contributed by atoms with E-state index in [2.05, 4.69) is 11.8 Å². The van der Waals surface area contributed by atoms with Crippen molar-refractivity contribution in [3.8, 4) is 0 Å². The van der Waals surface area contributed by atoms with E-state index in [1.54, 1.807) is 0 Å². The maximum Gasteiger partial charge on any atom is 0.0951 e. The van der Waals surface area contributed by atoms with Crippen LogP contribution in [0.15, 0.2) is 0 Å². The second-order valence-corrected chi connectivity index (χ2v) is 5.96. The van der Waals surface area contributed by atoms with Crippen LogP contribution in [0.2, 0.25) is 0 Å². The molecular formula is C13H23NO3. The van der Waals surface area contributed by atoms with E-state index in [0.29, 0.717) is 6.04 Å². The van der Waals surface area contributed by atoms with Crippen LogP contribution < -0.4 is 0 Å². The Morgan fingerprint density at radius 2 is 2.18 bits per heavy atom. The largest absolute Gasteiger partial charge is 0.387 e. The maximum absolute atomic E-state index is 10.1. The van der Waals surface area contributed by atoms with Crippen molar-refractivity contribution in [1.29, 1.82) is 0 Å². The lowest BCUT2D eigenvalue weighted by molar-refractivity contribution is -0.160. The number of hydrogen-bond acceptors (Lipinski definition) is 4. The molecule has 0 bridgehead atoms. The van der Waals surface area contributed by atoms with Crippen LogP contribution in [0, 0.1) is 0 Å². The molecule has 0 aromatic heterocycles. The van der Waals surface area contributed by atoms with Gasteiger partial charge in [-0.2, -0.15) is 0 Å². The quantitative estimate of drug-likeness (QED) is 0.776. The fraction of sp³-hybridized carbons (Fsp3) is 1.00. The SMILES string of the molecule is CCC1(O)CN(C2CCOC3(CCOC3)C2)C1. The van der Waals surface area contributed by atoms with Crippen molar-refractivity contribution in [1.82, 2.24) is 4.90 Å². The summed E-state index contributed by atoms with van der Waals surface area (Å²) in [6, 6.07) is 0.581. The summed E-state index contributed by atoms with van der Waals surface area (Å²) in [4.78, 5) is 2.42. The van der Waals surface area contributed by atoms with Crippen molar-refractivity contribution >= 4 is 0 Å². The van der Waals surface area contributed by atoms with Gasteiger partial charge in [-0.05, 0) is 19.3 Å². The number of rotatable bonds is 2. The third kappa shape index (κ3) is 2.12. The van der Waals surface area contributed by atoms with Gasteiger partial charge >= 0.3 is 0 Å². The van der Waals surface area contributed by atoms with E-state index in [1.807, 2.05) is 0 Å². The van der Waals surface area contributed by atoms with Gasteiger partial charge in [0.15, 0.2) is 0 Å². The average molecular weight is 241 g/mol. The molecule has 3 heterocycles. The molecule has 0 aliphatic carbocycles. The Labute approximate surface area is 103 Å². The molecule has 3 aliphatic rings. The van der Waals surface area contributed by atoms with E-state index in [1.165, 1.54) is 0 Å². The third-order valence-corrected chi connectivity index (χ3v) is 4.70. The molecule has 4 heteroatoms. The second-order valence-electron chi connectivity index (χ2n) is 5.96. The molecule has 2 atom stereocenters. The molecule has 3 saturated heterocycles. The van der Waals surface area contributed by atoms with Crippen molar-refractivity contribution in [2.24, 2.45) is 0 Å². The first-order chi connectivity index (χ1) is 8.15. The standard InChI is InChI=1S/C13H23NO3/c1-2-12(15)8-14(9-12)11-3-5-17-13(7-11)4-6-16-10-13/h11,15H,2-10H2,1H3. The minimum Gasteiger partial charge on any atom is -0.387 e. The minimum absolute atomic E-state index is 0.0111. The fourth-order valence-electron chi connectivity index (χ4n) is 3.37. The molecule has 98 valence electrons.